The number of carbonyl (C=O) groups excluding carboxylic acids is 3. The van der Waals surface area contributed by atoms with Crippen LogP contribution < -0.4 is 10.6 Å². The van der Waals surface area contributed by atoms with Gasteiger partial charge in [0.2, 0.25) is 11.8 Å². The van der Waals surface area contributed by atoms with Crippen LogP contribution in [0.25, 0.3) is 10.9 Å². The van der Waals surface area contributed by atoms with E-state index >= 15 is 0 Å². The van der Waals surface area contributed by atoms with Gasteiger partial charge in [0, 0.05) is 37.1 Å². The summed E-state index contributed by atoms with van der Waals surface area (Å²) in [6, 6.07) is 7.83. The van der Waals surface area contributed by atoms with Crippen molar-refractivity contribution in [3.05, 3.63) is 36.0 Å². The Morgan fingerprint density at radius 3 is 2.62 bits per heavy atom. The second-order valence-electron chi connectivity index (χ2n) is 8.44. The second-order valence-corrected chi connectivity index (χ2v) is 8.44. The highest BCUT2D eigenvalue weighted by Gasteiger charge is 2.47. The summed E-state index contributed by atoms with van der Waals surface area (Å²) >= 11 is 0. The fraction of sp³-hybridized carbons (Fsp3) is 0.476. The molecule has 3 N–H and O–H groups in total. The summed E-state index contributed by atoms with van der Waals surface area (Å²) < 4.78 is 5.34. The minimum Gasteiger partial charge on any atom is -0.444 e. The predicted octanol–water partition coefficient (Wildman–Crippen LogP) is 2.30. The summed E-state index contributed by atoms with van der Waals surface area (Å²) in [7, 11) is 0. The number of ether oxygens (including phenoxy) is 1. The Hall–Kier alpha value is -3.03. The van der Waals surface area contributed by atoms with E-state index in [9.17, 15) is 14.4 Å². The van der Waals surface area contributed by atoms with E-state index in [4.69, 9.17) is 4.74 Å². The minimum atomic E-state index is -1.22. The number of para-hydroxylation sites is 1. The van der Waals surface area contributed by atoms with Gasteiger partial charge in [-0.15, -0.1) is 0 Å². The first-order valence-electron chi connectivity index (χ1n) is 9.70. The Morgan fingerprint density at radius 2 is 1.97 bits per heavy atom. The molecule has 0 saturated carbocycles. The zero-order chi connectivity index (χ0) is 21.2. The van der Waals surface area contributed by atoms with Gasteiger partial charge >= 0.3 is 6.09 Å². The fourth-order valence-electron chi connectivity index (χ4n) is 3.54. The van der Waals surface area contributed by atoms with Gasteiger partial charge in [-0.25, -0.2) is 4.79 Å². The molecule has 156 valence electrons. The monoisotopic (exact) mass is 400 g/mol. The molecule has 8 heteroatoms. The van der Waals surface area contributed by atoms with Crippen LogP contribution in [0.4, 0.5) is 4.79 Å². The first-order chi connectivity index (χ1) is 13.6. The number of nitrogens with one attached hydrogen (secondary N) is 3. The highest BCUT2D eigenvalue weighted by molar-refractivity contribution is 5.92. The maximum absolute atomic E-state index is 13.1. The summed E-state index contributed by atoms with van der Waals surface area (Å²) in [5.74, 6) is -0.473. The van der Waals surface area contributed by atoms with Crippen LogP contribution in [0.2, 0.25) is 0 Å². The number of amides is 3. The lowest BCUT2D eigenvalue weighted by Crippen LogP contribution is -2.61. The Kier molecular flexibility index (Phi) is 5.55. The van der Waals surface area contributed by atoms with Crippen LogP contribution in [0.3, 0.4) is 0 Å². The molecule has 1 atom stereocenters. The molecule has 1 aromatic carbocycles. The average Bonchev–Trinajstić information content (AvgIpc) is 3.23. The lowest BCUT2D eigenvalue weighted by molar-refractivity contribution is -0.130. The van der Waals surface area contributed by atoms with Crippen molar-refractivity contribution in [2.75, 3.05) is 13.1 Å². The Morgan fingerprint density at radius 1 is 1.24 bits per heavy atom. The van der Waals surface area contributed by atoms with Gasteiger partial charge in [0.15, 0.2) is 0 Å². The van der Waals surface area contributed by atoms with E-state index < -0.39 is 17.2 Å². The lowest BCUT2D eigenvalue weighted by Gasteiger charge is -2.30. The number of likely N-dealkylation sites (tertiary alicyclic amines) is 1. The van der Waals surface area contributed by atoms with E-state index in [1.807, 2.05) is 30.5 Å². The highest BCUT2D eigenvalue weighted by atomic mass is 16.6. The summed E-state index contributed by atoms with van der Waals surface area (Å²) in [6.45, 7) is 7.54. The van der Waals surface area contributed by atoms with Crippen molar-refractivity contribution >= 4 is 28.8 Å². The Bertz CT molecular complexity index is 930. The van der Waals surface area contributed by atoms with Crippen LogP contribution in [-0.4, -0.2) is 52.0 Å². The van der Waals surface area contributed by atoms with Gasteiger partial charge < -0.3 is 25.3 Å². The maximum atomic E-state index is 13.1. The number of hydrogen-bond donors (Lipinski definition) is 3. The van der Waals surface area contributed by atoms with Crippen molar-refractivity contribution in [1.29, 1.82) is 0 Å². The molecule has 0 aliphatic carbocycles. The van der Waals surface area contributed by atoms with Crippen LogP contribution >= 0.6 is 0 Å². The molecule has 29 heavy (non-hydrogen) atoms. The zero-order valence-corrected chi connectivity index (χ0v) is 17.3. The molecule has 3 amide bonds. The molecule has 1 unspecified atom stereocenters. The number of rotatable bonds is 4. The van der Waals surface area contributed by atoms with Crippen molar-refractivity contribution in [1.82, 2.24) is 20.5 Å². The zero-order valence-electron chi connectivity index (χ0n) is 17.3. The maximum Gasteiger partial charge on any atom is 0.408 e. The summed E-state index contributed by atoms with van der Waals surface area (Å²) in [5, 5.41) is 6.67. The number of hydrogen-bond acceptors (Lipinski definition) is 4. The molecular weight excluding hydrogens is 372 g/mol. The fourth-order valence-corrected chi connectivity index (χ4v) is 3.54. The van der Waals surface area contributed by atoms with Gasteiger partial charge in [-0.05, 0) is 38.8 Å². The SMILES string of the molecule is CC(=O)N1CCC(NC(=O)OC(C)(C)C)(C(=O)NCc2c[nH]c3ccccc23)C1. The number of fused-ring (bicyclic) bond motifs is 1. The second kappa shape index (κ2) is 7.77. The molecule has 2 heterocycles. The number of alkyl carbamates (subject to hydrolysis) is 1. The Balaban J connectivity index is 1.75. The van der Waals surface area contributed by atoms with Crippen LogP contribution in [0.5, 0.6) is 0 Å². The van der Waals surface area contributed by atoms with Crippen LogP contribution in [0.1, 0.15) is 39.7 Å². The molecule has 1 saturated heterocycles. The summed E-state index contributed by atoms with van der Waals surface area (Å²) in [6.07, 6.45) is 1.51. The van der Waals surface area contributed by atoms with E-state index in [1.54, 1.807) is 25.7 Å². The van der Waals surface area contributed by atoms with Crippen molar-refractivity contribution < 1.29 is 19.1 Å². The van der Waals surface area contributed by atoms with Gasteiger partial charge in [-0.1, -0.05) is 18.2 Å². The van der Waals surface area contributed by atoms with Gasteiger partial charge in [0.1, 0.15) is 11.1 Å². The molecule has 3 rings (SSSR count). The number of benzene rings is 1. The molecule has 0 radical (unpaired) electrons. The molecule has 0 spiro atoms. The van der Waals surface area contributed by atoms with E-state index in [-0.39, 0.29) is 18.4 Å². The van der Waals surface area contributed by atoms with Gasteiger partial charge in [-0.3, -0.25) is 9.59 Å². The third-order valence-corrected chi connectivity index (χ3v) is 5.00. The first-order valence-corrected chi connectivity index (χ1v) is 9.70. The molecule has 1 fully saturated rings. The van der Waals surface area contributed by atoms with Crippen molar-refractivity contribution in [3.8, 4) is 0 Å². The molecule has 0 bridgehead atoms. The number of carbonyl (C=O) groups is 3. The number of H-pyrrole nitrogens is 1. The van der Waals surface area contributed by atoms with Crippen LogP contribution in [0, 0.1) is 0 Å². The standard InChI is InChI=1S/C21H28N4O4/c1-14(26)25-10-9-21(13-25,24-19(28)29-20(2,3)4)18(27)23-12-15-11-22-17-8-6-5-7-16(15)17/h5-8,11,22H,9-10,12-13H2,1-4H3,(H,23,27)(H,24,28). The smallest absolute Gasteiger partial charge is 0.408 e. The molecule has 8 nitrogen and oxygen atoms in total. The number of aromatic nitrogens is 1. The molecule has 1 aliphatic rings. The minimum absolute atomic E-state index is 0.112. The predicted molar refractivity (Wildman–Crippen MR) is 109 cm³/mol. The number of nitrogens with zero attached hydrogens (tertiary/aromatic N) is 1. The van der Waals surface area contributed by atoms with Gasteiger partial charge in [0.05, 0.1) is 6.54 Å². The van der Waals surface area contributed by atoms with E-state index in [2.05, 4.69) is 15.6 Å². The highest BCUT2D eigenvalue weighted by Crippen LogP contribution is 2.24. The van der Waals surface area contributed by atoms with E-state index in [0.29, 0.717) is 19.5 Å². The molecule has 2 aromatic rings. The topological polar surface area (TPSA) is 104 Å². The molecular formula is C21H28N4O4. The summed E-state index contributed by atoms with van der Waals surface area (Å²) in [5.41, 5.74) is 0.0230. The van der Waals surface area contributed by atoms with Crippen LogP contribution in [0.15, 0.2) is 30.5 Å². The first kappa shape index (κ1) is 20.7. The largest absolute Gasteiger partial charge is 0.444 e. The van der Waals surface area contributed by atoms with Gasteiger partial charge in [-0.2, -0.15) is 0 Å². The van der Waals surface area contributed by atoms with Crippen molar-refractivity contribution in [2.24, 2.45) is 0 Å². The Labute approximate surface area is 170 Å². The third-order valence-electron chi connectivity index (χ3n) is 5.00. The van der Waals surface area contributed by atoms with Crippen molar-refractivity contribution in [3.63, 3.8) is 0 Å². The summed E-state index contributed by atoms with van der Waals surface area (Å²) in [4.78, 5) is 42.1. The number of aromatic amines is 1. The third kappa shape index (κ3) is 4.70. The normalized spacial score (nSPS) is 19.2. The van der Waals surface area contributed by atoms with E-state index in [0.717, 1.165) is 16.5 Å². The quantitative estimate of drug-likeness (QED) is 0.733. The molecule has 1 aliphatic heterocycles. The molecule has 1 aromatic heterocycles. The van der Waals surface area contributed by atoms with Crippen LogP contribution in [-0.2, 0) is 20.9 Å². The van der Waals surface area contributed by atoms with Crippen molar-refractivity contribution in [2.45, 2.75) is 51.8 Å². The van der Waals surface area contributed by atoms with Gasteiger partial charge in [0.25, 0.3) is 0 Å². The van der Waals surface area contributed by atoms with E-state index in [1.165, 1.54) is 6.92 Å². The lowest BCUT2D eigenvalue weighted by atomic mass is 9.97. The average molecular weight is 400 g/mol.